The molecule has 0 spiro atoms. The molecule has 1 unspecified atom stereocenters. The van der Waals surface area contributed by atoms with Crippen molar-refractivity contribution < 1.29 is 9.84 Å². The van der Waals surface area contributed by atoms with Crippen molar-refractivity contribution in [3.63, 3.8) is 0 Å². The van der Waals surface area contributed by atoms with E-state index >= 15 is 0 Å². The van der Waals surface area contributed by atoms with Crippen LogP contribution in [-0.2, 0) is 0 Å². The van der Waals surface area contributed by atoms with Gasteiger partial charge in [-0.2, -0.15) is 0 Å². The zero-order valence-corrected chi connectivity index (χ0v) is 8.66. The Kier molecular flexibility index (Phi) is 4.13. The number of nitrogens with zero attached hydrogens (tertiary/aromatic N) is 1. The van der Waals surface area contributed by atoms with Crippen LogP contribution in [0.4, 0.5) is 0 Å². The van der Waals surface area contributed by atoms with E-state index < -0.39 is 6.10 Å². The Bertz CT molecular complexity index is 307. The van der Waals surface area contributed by atoms with Crippen molar-refractivity contribution in [3.05, 3.63) is 22.8 Å². The molecule has 1 heterocycles. The number of hydrogen-bond donors (Lipinski definition) is 2. The normalized spacial score (nSPS) is 12.6. The number of aliphatic hydroxyl groups excluding tert-OH is 1. The zero-order valence-electron chi connectivity index (χ0n) is 7.90. The molecular formula is C9H13ClN2O2. The SMILES string of the molecule is COc1nc(Cl)ccc1C(O)CCN. The van der Waals surface area contributed by atoms with Crippen molar-refractivity contribution in [1.29, 1.82) is 0 Å². The van der Waals surface area contributed by atoms with Gasteiger partial charge in [-0.25, -0.2) is 4.98 Å². The zero-order chi connectivity index (χ0) is 10.6. The molecule has 0 saturated carbocycles. The fourth-order valence-electron chi connectivity index (χ4n) is 1.16. The number of nitrogens with two attached hydrogens (primary N) is 1. The van der Waals surface area contributed by atoms with Gasteiger partial charge in [0.2, 0.25) is 5.88 Å². The fraction of sp³-hybridized carbons (Fsp3) is 0.444. The number of aliphatic hydroxyl groups is 1. The van der Waals surface area contributed by atoms with Crippen molar-refractivity contribution in [1.82, 2.24) is 4.98 Å². The summed E-state index contributed by atoms with van der Waals surface area (Å²) in [4.78, 5) is 3.94. The second-order valence-electron chi connectivity index (χ2n) is 2.83. The molecule has 1 aromatic heterocycles. The van der Waals surface area contributed by atoms with Gasteiger partial charge in [-0.15, -0.1) is 0 Å². The van der Waals surface area contributed by atoms with E-state index in [0.29, 0.717) is 29.6 Å². The number of rotatable bonds is 4. The highest BCUT2D eigenvalue weighted by atomic mass is 35.5. The lowest BCUT2D eigenvalue weighted by Gasteiger charge is -2.12. The van der Waals surface area contributed by atoms with E-state index in [4.69, 9.17) is 22.1 Å². The third-order valence-electron chi connectivity index (χ3n) is 1.85. The van der Waals surface area contributed by atoms with Gasteiger partial charge in [0.1, 0.15) is 5.15 Å². The first kappa shape index (κ1) is 11.2. The largest absolute Gasteiger partial charge is 0.481 e. The third kappa shape index (κ3) is 2.57. The van der Waals surface area contributed by atoms with Crippen LogP contribution in [0.3, 0.4) is 0 Å². The summed E-state index contributed by atoms with van der Waals surface area (Å²) in [5.41, 5.74) is 5.95. The number of pyridine rings is 1. The summed E-state index contributed by atoms with van der Waals surface area (Å²) in [7, 11) is 1.48. The maximum Gasteiger partial charge on any atom is 0.220 e. The standard InChI is InChI=1S/C9H13ClN2O2/c1-14-9-6(7(13)4-5-11)2-3-8(10)12-9/h2-3,7,13H,4-5,11H2,1H3. The quantitative estimate of drug-likeness (QED) is 0.741. The first-order valence-corrected chi connectivity index (χ1v) is 4.65. The van der Waals surface area contributed by atoms with Gasteiger partial charge in [0.25, 0.3) is 0 Å². The molecule has 0 aliphatic carbocycles. The Morgan fingerprint density at radius 2 is 2.36 bits per heavy atom. The summed E-state index contributed by atoms with van der Waals surface area (Å²) >= 11 is 5.68. The molecule has 1 rings (SSSR count). The first-order valence-electron chi connectivity index (χ1n) is 4.27. The Balaban J connectivity index is 2.95. The van der Waals surface area contributed by atoms with Crippen molar-refractivity contribution in [3.8, 4) is 5.88 Å². The molecule has 0 saturated heterocycles. The van der Waals surface area contributed by atoms with Crippen LogP contribution in [0.25, 0.3) is 0 Å². The minimum absolute atomic E-state index is 0.338. The predicted octanol–water partition coefficient (Wildman–Crippen LogP) is 1.13. The van der Waals surface area contributed by atoms with Crippen molar-refractivity contribution in [2.45, 2.75) is 12.5 Å². The summed E-state index contributed by atoms with van der Waals surface area (Å²) in [5.74, 6) is 0.346. The van der Waals surface area contributed by atoms with Crippen molar-refractivity contribution in [2.24, 2.45) is 5.73 Å². The van der Waals surface area contributed by atoms with Gasteiger partial charge in [-0.1, -0.05) is 11.6 Å². The first-order chi connectivity index (χ1) is 6.69. The molecule has 1 atom stereocenters. The Morgan fingerprint density at radius 1 is 1.64 bits per heavy atom. The summed E-state index contributed by atoms with van der Waals surface area (Å²) in [6.07, 6.45) is -0.181. The molecule has 4 nitrogen and oxygen atoms in total. The molecule has 0 aliphatic rings. The molecule has 14 heavy (non-hydrogen) atoms. The molecule has 0 fully saturated rings. The van der Waals surface area contributed by atoms with Gasteiger partial charge < -0.3 is 15.6 Å². The van der Waals surface area contributed by atoms with Gasteiger partial charge >= 0.3 is 0 Å². The highest BCUT2D eigenvalue weighted by Crippen LogP contribution is 2.26. The number of halogens is 1. The average molecular weight is 217 g/mol. The Morgan fingerprint density at radius 3 is 2.93 bits per heavy atom. The summed E-state index contributed by atoms with van der Waals surface area (Å²) in [5, 5.41) is 10.0. The number of methoxy groups -OCH3 is 1. The number of aromatic nitrogens is 1. The third-order valence-corrected chi connectivity index (χ3v) is 2.06. The van der Waals surface area contributed by atoms with Crippen LogP contribution in [-0.4, -0.2) is 23.7 Å². The molecule has 0 bridgehead atoms. The van der Waals surface area contributed by atoms with Crippen LogP contribution < -0.4 is 10.5 Å². The Hall–Kier alpha value is -0.840. The second kappa shape index (κ2) is 5.14. The minimum atomic E-state index is -0.653. The number of ether oxygens (including phenoxy) is 1. The van der Waals surface area contributed by atoms with Crippen molar-refractivity contribution in [2.75, 3.05) is 13.7 Å². The summed E-state index contributed by atoms with van der Waals surface area (Å²) in [6.45, 7) is 0.410. The topological polar surface area (TPSA) is 68.4 Å². The smallest absolute Gasteiger partial charge is 0.220 e. The van der Waals surface area contributed by atoms with Gasteiger partial charge in [0.15, 0.2) is 0 Å². The molecule has 1 aromatic rings. The van der Waals surface area contributed by atoms with E-state index in [1.165, 1.54) is 7.11 Å². The molecule has 0 radical (unpaired) electrons. The highest BCUT2D eigenvalue weighted by molar-refractivity contribution is 6.29. The van der Waals surface area contributed by atoms with E-state index in [1.807, 2.05) is 0 Å². The maximum absolute atomic E-state index is 9.68. The fourth-order valence-corrected chi connectivity index (χ4v) is 1.30. The molecule has 0 amide bonds. The lowest BCUT2D eigenvalue weighted by molar-refractivity contribution is 0.165. The van der Waals surface area contributed by atoms with Crippen molar-refractivity contribution >= 4 is 11.6 Å². The lowest BCUT2D eigenvalue weighted by Crippen LogP contribution is -2.08. The highest BCUT2D eigenvalue weighted by Gasteiger charge is 2.13. The molecule has 0 aliphatic heterocycles. The van der Waals surface area contributed by atoms with Crippen LogP contribution in [0.1, 0.15) is 18.1 Å². The monoisotopic (exact) mass is 216 g/mol. The molecule has 0 aromatic carbocycles. The van der Waals surface area contributed by atoms with Crippen LogP contribution in [0, 0.1) is 0 Å². The maximum atomic E-state index is 9.68. The van der Waals surface area contributed by atoms with E-state index in [0.717, 1.165) is 0 Å². The second-order valence-corrected chi connectivity index (χ2v) is 3.21. The lowest BCUT2D eigenvalue weighted by atomic mass is 10.1. The van der Waals surface area contributed by atoms with E-state index in [9.17, 15) is 5.11 Å². The van der Waals surface area contributed by atoms with Gasteiger partial charge in [0.05, 0.1) is 13.2 Å². The van der Waals surface area contributed by atoms with Gasteiger partial charge in [0, 0.05) is 5.56 Å². The van der Waals surface area contributed by atoms with Crippen LogP contribution >= 0.6 is 11.6 Å². The van der Waals surface area contributed by atoms with E-state index in [-0.39, 0.29) is 0 Å². The summed E-state index contributed by atoms with van der Waals surface area (Å²) < 4.78 is 5.00. The van der Waals surface area contributed by atoms with E-state index in [2.05, 4.69) is 4.98 Å². The van der Waals surface area contributed by atoms with Gasteiger partial charge in [-0.3, -0.25) is 0 Å². The van der Waals surface area contributed by atoms with Crippen LogP contribution in [0.5, 0.6) is 5.88 Å². The van der Waals surface area contributed by atoms with Crippen LogP contribution in [0.15, 0.2) is 12.1 Å². The molecular weight excluding hydrogens is 204 g/mol. The van der Waals surface area contributed by atoms with E-state index in [1.54, 1.807) is 12.1 Å². The molecule has 3 N–H and O–H groups in total. The minimum Gasteiger partial charge on any atom is -0.481 e. The van der Waals surface area contributed by atoms with Crippen LogP contribution in [0.2, 0.25) is 5.15 Å². The average Bonchev–Trinajstić information content (AvgIpc) is 2.17. The van der Waals surface area contributed by atoms with Gasteiger partial charge in [-0.05, 0) is 25.1 Å². The summed E-state index contributed by atoms with van der Waals surface area (Å²) in [6, 6.07) is 3.30. The number of hydrogen-bond acceptors (Lipinski definition) is 4. The predicted molar refractivity (Wildman–Crippen MR) is 54.4 cm³/mol. The molecule has 5 heteroatoms. The Labute approximate surface area is 87.7 Å². The molecule has 78 valence electrons.